The molecule has 0 unspecified atom stereocenters. The molecule has 7 nitrogen and oxygen atoms in total. The van der Waals surface area contributed by atoms with Crippen molar-refractivity contribution >= 4 is 22.6 Å². The normalized spacial score (nSPS) is 15.9. The molecule has 1 fully saturated rings. The van der Waals surface area contributed by atoms with Gasteiger partial charge in [-0.15, -0.1) is 0 Å². The van der Waals surface area contributed by atoms with Crippen LogP contribution in [0, 0.1) is 5.92 Å². The van der Waals surface area contributed by atoms with E-state index in [0.717, 1.165) is 0 Å². The lowest BCUT2D eigenvalue weighted by molar-refractivity contribution is -0.123. The van der Waals surface area contributed by atoms with E-state index in [1.54, 1.807) is 29.2 Å². The van der Waals surface area contributed by atoms with Gasteiger partial charge in [-0.25, -0.2) is 5.10 Å². The van der Waals surface area contributed by atoms with E-state index < -0.39 is 0 Å². The van der Waals surface area contributed by atoms with E-state index in [0.29, 0.717) is 36.7 Å². The number of hydrogen-bond acceptors (Lipinski definition) is 4. The van der Waals surface area contributed by atoms with Crippen LogP contribution in [0.1, 0.15) is 23.3 Å². The predicted octanol–water partition coefficient (Wildman–Crippen LogP) is 0.261. The van der Waals surface area contributed by atoms with Gasteiger partial charge < -0.3 is 10.6 Å². The van der Waals surface area contributed by atoms with Gasteiger partial charge >= 0.3 is 0 Å². The average Bonchev–Trinajstić information content (AvgIpc) is 2.55. The fourth-order valence-corrected chi connectivity index (χ4v) is 2.79. The van der Waals surface area contributed by atoms with Crippen molar-refractivity contribution < 1.29 is 9.59 Å². The van der Waals surface area contributed by atoms with E-state index >= 15 is 0 Å². The highest BCUT2D eigenvalue weighted by Crippen LogP contribution is 2.20. The Hall–Kier alpha value is -2.70. The van der Waals surface area contributed by atoms with Crippen molar-refractivity contribution in [2.75, 3.05) is 13.1 Å². The molecule has 1 saturated heterocycles. The molecule has 3 N–H and O–H groups in total. The van der Waals surface area contributed by atoms with Gasteiger partial charge in [-0.05, 0) is 18.9 Å². The molecule has 0 aliphatic carbocycles. The van der Waals surface area contributed by atoms with Gasteiger partial charge in [0.25, 0.3) is 11.5 Å². The summed E-state index contributed by atoms with van der Waals surface area (Å²) in [6.07, 6.45) is 1.12. The van der Waals surface area contributed by atoms with Gasteiger partial charge in [0.15, 0.2) is 5.69 Å². The first kappa shape index (κ1) is 14.2. The average molecular weight is 300 g/mol. The molecule has 0 spiro atoms. The van der Waals surface area contributed by atoms with Crippen LogP contribution < -0.4 is 11.3 Å². The van der Waals surface area contributed by atoms with Crippen molar-refractivity contribution in [2.24, 2.45) is 11.7 Å². The second-order valence-corrected chi connectivity index (χ2v) is 5.42. The SMILES string of the molecule is NC(=O)C1CCN(C(=O)c2n[nH]c(=O)c3ccccc23)CC1. The van der Waals surface area contributed by atoms with Crippen LogP contribution in [0.4, 0.5) is 0 Å². The summed E-state index contributed by atoms with van der Waals surface area (Å²) < 4.78 is 0. The first-order chi connectivity index (χ1) is 10.6. The maximum Gasteiger partial charge on any atom is 0.274 e. The zero-order valence-electron chi connectivity index (χ0n) is 11.9. The molecule has 7 heteroatoms. The number of carbonyl (C=O) groups is 2. The Balaban J connectivity index is 1.89. The molecule has 2 heterocycles. The molecule has 1 aromatic carbocycles. The minimum atomic E-state index is -0.320. The quantitative estimate of drug-likeness (QED) is 0.829. The molecule has 22 heavy (non-hydrogen) atoms. The number of nitrogens with zero attached hydrogens (tertiary/aromatic N) is 2. The van der Waals surface area contributed by atoms with Gasteiger partial charge in [-0.1, -0.05) is 18.2 Å². The number of carbonyl (C=O) groups excluding carboxylic acids is 2. The molecule has 3 rings (SSSR count). The third-order valence-corrected chi connectivity index (χ3v) is 4.08. The highest BCUT2D eigenvalue weighted by molar-refractivity contribution is 6.04. The van der Waals surface area contributed by atoms with Gasteiger partial charge in [-0.3, -0.25) is 14.4 Å². The van der Waals surface area contributed by atoms with Crippen LogP contribution in [0.3, 0.4) is 0 Å². The van der Waals surface area contributed by atoms with Crippen LogP contribution in [0.15, 0.2) is 29.1 Å². The number of piperidine rings is 1. The summed E-state index contributed by atoms with van der Waals surface area (Å²) in [7, 11) is 0. The topological polar surface area (TPSA) is 109 Å². The van der Waals surface area contributed by atoms with Crippen molar-refractivity contribution in [1.29, 1.82) is 0 Å². The van der Waals surface area contributed by atoms with Crippen LogP contribution in [0.2, 0.25) is 0 Å². The van der Waals surface area contributed by atoms with Gasteiger partial charge in [0.1, 0.15) is 0 Å². The Kier molecular flexibility index (Phi) is 3.62. The lowest BCUT2D eigenvalue weighted by Crippen LogP contribution is -2.42. The molecular weight excluding hydrogens is 284 g/mol. The third-order valence-electron chi connectivity index (χ3n) is 4.08. The fourth-order valence-electron chi connectivity index (χ4n) is 2.79. The highest BCUT2D eigenvalue weighted by atomic mass is 16.2. The minimum Gasteiger partial charge on any atom is -0.369 e. The summed E-state index contributed by atoms with van der Waals surface area (Å²) in [6.45, 7) is 0.920. The van der Waals surface area contributed by atoms with E-state index in [4.69, 9.17) is 5.73 Å². The highest BCUT2D eigenvalue weighted by Gasteiger charge is 2.28. The van der Waals surface area contributed by atoms with Crippen LogP contribution in [0.25, 0.3) is 10.8 Å². The maximum absolute atomic E-state index is 12.6. The standard InChI is InChI=1S/C15H16N4O3/c16-13(20)9-5-7-19(8-6-9)15(22)12-10-3-1-2-4-11(10)14(21)18-17-12/h1-4,9H,5-8H2,(H2,16,20)(H,18,21). The number of aromatic nitrogens is 2. The number of nitrogens with two attached hydrogens (primary N) is 1. The van der Waals surface area contributed by atoms with E-state index in [-0.39, 0.29) is 29.0 Å². The number of aromatic amines is 1. The third kappa shape index (κ3) is 2.45. The molecule has 0 saturated carbocycles. The monoisotopic (exact) mass is 300 g/mol. The van der Waals surface area contributed by atoms with E-state index in [2.05, 4.69) is 10.2 Å². The van der Waals surface area contributed by atoms with Gasteiger partial charge in [0, 0.05) is 24.4 Å². The molecular formula is C15H16N4O3. The molecule has 114 valence electrons. The molecule has 1 aliphatic heterocycles. The minimum absolute atomic E-state index is 0.177. The molecule has 0 bridgehead atoms. The number of nitrogens with one attached hydrogen (secondary N) is 1. The molecule has 2 amide bonds. The number of fused-ring (bicyclic) bond motifs is 1. The zero-order valence-corrected chi connectivity index (χ0v) is 11.9. The fraction of sp³-hybridized carbons (Fsp3) is 0.333. The molecule has 1 aliphatic rings. The van der Waals surface area contributed by atoms with Crippen molar-refractivity contribution in [2.45, 2.75) is 12.8 Å². The Morgan fingerprint density at radius 3 is 2.45 bits per heavy atom. The van der Waals surface area contributed by atoms with E-state index in [1.807, 2.05) is 0 Å². The van der Waals surface area contributed by atoms with Crippen molar-refractivity contribution in [3.8, 4) is 0 Å². The summed E-state index contributed by atoms with van der Waals surface area (Å²) in [5.41, 5.74) is 5.21. The number of amides is 2. The first-order valence-corrected chi connectivity index (χ1v) is 7.14. The van der Waals surface area contributed by atoms with Crippen LogP contribution in [-0.2, 0) is 4.79 Å². The van der Waals surface area contributed by atoms with Crippen LogP contribution in [-0.4, -0.2) is 40.0 Å². The summed E-state index contributed by atoms with van der Waals surface area (Å²) in [6, 6.07) is 6.87. The summed E-state index contributed by atoms with van der Waals surface area (Å²) in [5.74, 6) is -0.737. The first-order valence-electron chi connectivity index (χ1n) is 7.14. The second kappa shape index (κ2) is 5.59. The second-order valence-electron chi connectivity index (χ2n) is 5.42. The number of H-pyrrole nitrogens is 1. The summed E-state index contributed by atoms with van der Waals surface area (Å²) in [5, 5.41) is 7.25. The van der Waals surface area contributed by atoms with Crippen molar-refractivity contribution in [3.63, 3.8) is 0 Å². The van der Waals surface area contributed by atoms with Gasteiger partial charge in [0.2, 0.25) is 5.91 Å². The van der Waals surface area contributed by atoms with Crippen LogP contribution >= 0.6 is 0 Å². The zero-order chi connectivity index (χ0) is 15.7. The van der Waals surface area contributed by atoms with Crippen molar-refractivity contribution in [3.05, 3.63) is 40.3 Å². The number of benzene rings is 1. The summed E-state index contributed by atoms with van der Waals surface area (Å²) in [4.78, 5) is 37.2. The van der Waals surface area contributed by atoms with Crippen LogP contribution in [0.5, 0.6) is 0 Å². The Labute approximate surface area is 126 Å². The largest absolute Gasteiger partial charge is 0.369 e. The van der Waals surface area contributed by atoms with Gasteiger partial charge in [0.05, 0.1) is 5.39 Å². The predicted molar refractivity (Wildman–Crippen MR) is 80.2 cm³/mol. The molecule has 0 atom stereocenters. The van der Waals surface area contributed by atoms with Gasteiger partial charge in [-0.2, -0.15) is 5.10 Å². The maximum atomic E-state index is 12.6. The Bertz CT molecular complexity index is 791. The lowest BCUT2D eigenvalue weighted by atomic mass is 9.96. The van der Waals surface area contributed by atoms with E-state index in [9.17, 15) is 14.4 Å². The Morgan fingerprint density at radius 2 is 1.82 bits per heavy atom. The lowest BCUT2D eigenvalue weighted by Gasteiger charge is -2.30. The summed E-state index contributed by atoms with van der Waals surface area (Å²) >= 11 is 0. The number of likely N-dealkylation sites (tertiary alicyclic amines) is 1. The molecule has 1 aromatic heterocycles. The molecule has 0 radical (unpaired) electrons. The number of primary amides is 1. The number of rotatable bonds is 2. The van der Waals surface area contributed by atoms with E-state index in [1.165, 1.54) is 0 Å². The Morgan fingerprint density at radius 1 is 1.18 bits per heavy atom. The van der Waals surface area contributed by atoms with Crippen molar-refractivity contribution in [1.82, 2.24) is 15.1 Å². The number of hydrogen-bond donors (Lipinski definition) is 2. The molecule has 2 aromatic rings. The smallest absolute Gasteiger partial charge is 0.274 e.